The molecule has 1 rings (SSSR count). The quantitative estimate of drug-likeness (QED) is 0.624. The smallest absolute Gasteiger partial charge is 0.0704 e. The second kappa shape index (κ2) is 6.40. The van der Waals surface area contributed by atoms with E-state index in [-0.39, 0.29) is 0 Å². The maximum atomic E-state index is 5.60. The lowest BCUT2D eigenvalue weighted by Crippen LogP contribution is -2.35. The van der Waals surface area contributed by atoms with Crippen LogP contribution in [0.15, 0.2) is 0 Å². The summed E-state index contributed by atoms with van der Waals surface area (Å²) in [6.07, 6.45) is 2.84. The normalized spacial score (nSPS) is 24.2. The van der Waals surface area contributed by atoms with E-state index in [4.69, 9.17) is 9.47 Å². The summed E-state index contributed by atoms with van der Waals surface area (Å²) >= 11 is 0. The highest BCUT2D eigenvalue weighted by Crippen LogP contribution is 2.05. The summed E-state index contributed by atoms with van der Waals surface area (Å²) in [5.41, 5.74) is 0. The zero-order chi connectivity index (χ0) is 8.65. The monoisotopic (exact) mass is 173 g/mol. The van der Waals surface area contributed by atoms with Gasteiger partial charge in [0.05, 0.1) is 19.3 Å². The van der Waals surface area contributed by atoms with E-state index in [1.54, 1.807) is 0 Å². The molecule has 0 spiro atoms. The minimum Gasteiger partial charge on any atom is -0.379 e. The van der Waals surface area contributed by atoms with Gasteiger partial charge in [-0.1, -0.05) is 0 Å². The van der Waals surface area contributed by atoms with E-state index >= 15 is 0 Å². The maximum Gasteiger partial charge on any atom is 0.0704 e. The molecule has 0 aromatic carbocycles. The Labute approximate surface area is 74.4 Å². The van der Waals surface area contributed by atoms with Gasteiger partial charge in [0.25, 0.3) is 0 Å². The van der Waals surface area contributed by atoms with E-state index in [1.807, 2.05) is 6.92 Å². The van der Waals surface area contributed by atoms with E-state index in [1.165, 1.54) is 12.8 Å². The van der Waals surface area contributed by atoms with Gasteiger partial charge in [0.1, 0.15) is 0 Å². The number of rotatable bonds is 5. The molecule has 1 saturated heterocycles. The van der Waals surface area contributed by atoms with Crippen LogP contribution in [-0.2, 0) is 9.47 Å². The summed E-state index contributed by atoms with van der Waals surface area (Å²) in [6, 6.07) is 0. The molecule has 0 aromatic rings. The van der Waals surface area contributed by atoms with Gasteiger partial charge >= 0.3 is 0 Å². The maximum absolute atomic E-state index is 5.60. The Morgan fingerprint density at radius 3 is 3.00 bits per heavy atom. The number of piperidine rings is 1. The zero-order valence-electron chi connectivity index (χ0n) is 7.84. The molecule has 1 atom stereocenters. The van der Waals surface area contributed by atoms with Gasteiger partial charge in [0, 0.05) is 13.2 Å². The molecule has 12 heavy (non-hydrogen) atoms. The predicted molar refractivity (Wildman–Crippen MR) is 48.3 cm³/mol. The van der Waals surface area contributed by atoms with Crippen molar-refractivity contribution >= 4 is 0 Å². The van der Waals surface area contributed by atoms with E-state index in [2.05, 4.69) is 5.32 Å². The summed E-state index contributed by atoms with van der Waals surface area (Å²) in [4.78, 5) is 0. The summed E-state index contributed by atoms with van der Waals surface area (Å²) in [6.45, 7) is 6.40. The van der Waals surface area contributed by atoms with Crippen molar-refractivity contribution in [3.63, 3.8) is 0 Å². The molecule has 0 bridgehead atoms. The molecule has 1 aliphatic rings. The van der Waals surface area contributed by atoms with E-state index in [0.29, 0.717) is 6.10 Å². The minimum absolute atomic E-state index is 0.416. The van der Waals surface area contributed by atoms with Crippen molar-refractivity contribution in [3.05, 3.63) is 0 Å². The van der Waals surface area contributed by atoms with Crippen molar-refractivity contribution in [3.8, 4) is 0 Å². The van der Waals surface area contributed by atoms with Crippen LogP contribution >= 0.6 is 0 Å². The molecule has 0 unspecified atom stereocenters. The van der Waals surface area contributed by atoms with Gasteiger partial charge in [-0.15, -0.1) is 0 Å². The third kappa shape index (κ3) is 4.04. The zero-order valence-corrected chi connectivity index (χ0v) is 7.84. The van der Waals surface area contributed by atoms with Crippen LogP contribution < -0.4 is 5.32 Å². The fourth-order valence-corrected chi connectivity index (χ4v) is 1.38. The molecule has 1 N–H and O–H groups in total. The van der Waals surface area contributed by atoms with Gasteiger partial charge in [-0.25, -0.2) is 0 Å². The first-order valence-corrected chi connectivity index (χ1v) is 4.83. The highest BCUT2D eigenvalue weighted by Gasteiger charge is 2.12. The lowest BCUT2D eigenvalue weighted by atomic mass is 10.1. The Kier molecular flexibility index (Phi) is 5.32. The number of nitrogens with one attached hydrogen (secondary N) is 1. The van der Waals surface area contributed by atoms with Crippen LogP contribution in [-0.4, -0.2) is 39.0 Å². The van der Waals surface area contributed by atoms with Crippen LogP contribution in [0.3, 0.4) is 0 Å². The first kappa shape index (κ1) is 9.96. The van der Waals surface area contributed by atoms with Crippen LogP contribution in [0.1, 0.15) is 19.8 Å². The third-order valence-corrected chi connectivity index (χ3v) is 2.04. The first-order valence-electron chi connectivity index (χ1n) is 4.83. The Morgan fingerprint density at radius 1 is 1.42 bits per heavy atom. The summed E-state index contributed by atoms with van der Waals surface area (Å²) in [5.74, 6) is 0. The van der Waals surface area contributed by atoms with E-state index < -0.39 is 0 Å². The molecule has 72 valence electrons. The number of hydrogen-bond donors (Lipinski definition) is 1. The Morgan fingerprint density at radius 2 is 2.33 bits per heavy atom. The van der Waals surface area contributed by atoms with Crippen LogP contribution in [0.4, 0.5) is 0 Å². The van der Waals surface area contributed by atoms with Gasteiger partial charge in [0.2, 0.25) is 0 Å². The fourth-order valence-electron chi connectivity index (χ4n) is 1.38. The molecule has 0 saturated carbocycles. The molecule has 1 aliphatic heterocycles. The highest BCUT2D eigenvalue weighted by atomic mass is 16.5. The van der Waals surface area contributed by atoms with Gasteiger partial charge < -0.3 is 14.8 Å². The second-order valence-electron chi connectivity index (χ2n) is 3.04. The predicted octanol–water partition coefficient (Wildman–Crippen LogP) is 0.791. The van der Waals surface area contributed by atoms with Crippen molar-refractivity contribution in [1.82, 2.24) is 5.32 Å². The van der Waals surface area contributed by atoms with Gasteiger partial charge in [0.15, 0.2) is 0 Å². The third-order valence-electron chi connectivity index (χ3n) is 2.04. The molecule has 0 aromatic heterocycles. The second-order valence-corrected chi connectivity index (χ2v) is 3.04. The van der Waals surface area contributed by atoms with Crippen LogP contribution in [0.2, 0.25) is 0 Å². The Hall–Kier alpha value is -0.120. The highest BCUT2D eigenvalue weighted by molar-refractivity contribution is 4.68. The van der Waals surface area contributed by atoms with Gasteiger partial charge in [-0.2, -0.15) is 0 Å². The van der Waals surface area contributed by atoms with Gasteiger partial charge in [-0.3, -0.25) is 0 Å². The molecule has 0 amide bonds. The number of hydrogen-bond acceptors (Lipinski definition) is 3. The van der Waals surface area contributed by atoms with Crippen molar-refractivity contribution < 1.29 is 9.47 Å². The number of ether oxygens (including phenoxy) is 2. The molecule has 1 heterocycles. The molecule has 0 aliphatic carbocycles. The molecular formula is C9H19NO2. The lowest BCUT2D eigenvalue weighted by Gasteiger charge is -2.22. The van der Waals surface area contributed by atoms with Crippen LogP contribution in [0, 0.1) is 0 Å². The van der Waals surface area contributed by atoms with Crippen LogP contribution in [0.5, 0.6) is 0 Å². The Bertz CT molecular complexity index is 103. The van der Waals surface area contributed by atoms with Crippen LogP contribution in [0.25, 0.3) is 0 Å². The van der Waals surface area contributed by atoms with Gasteiger partial charge in [-0.05, 0) is 26.3 Å². The largest absolute Gasteiger partial charge is 0.379 e. The lowest BCUT2D eigenvalue weighted by molar-refractivity contribution is -0.00191. The molecule has 3 nitrogen and oxygen atoms in total. The summed E-state index contributed by atoms with van der Waals surface area (Å²) in [5, 5.41) is 3.31. The van der Waals surface area contributed by atoms with E-state index in [9.17, 15) is 0 Å². The molecule has 0 radical (unpaired) electrons. The van der Waals surface area contributed by atoms with Crippen molar-refractivity contribution in [2.24, 2.45) is 0 Å². The van der Waals surface area contributed by atoms with Crippen molar-refractivity contribution in [1.29, 1.82) is 0 Å². The Balaban J connectivity index is 1.91. The SMILES string of the molecule is CCOCCO[C@H]1CCCNC1. The topological polar surface area (TPSA) is 30.5 Å². The summed E-state index contributed by atoms with van der Waals surface area (Å²) in [7, 11) is 0. The van der Waals surface area contributed by atoms with Crippen molar-refractivity contribution in [2.45, 2.75) is 25.9 Å². The fraction of sp³-hybridized carbons (Fsp3) is 1.00. The molecular weight excluding hydrogens is 154 g/mol. The molecule has 3 heteroatoms. The minimum atomic E-state index is 0.416. The average Bonchev–Trinajstić information content (AvgIpc) is 2.14. The van der Waals surface area contributed by atoms with E-state index in [0.717, 1.165) is 32.9 Å². The first-order chi connectivity index (χ1) is 5.93. The standard InChI is InChI=1S/C9H19NO2/c1-2-11-6-7-12-9-4-3-5-10-8-9/h9-10H,2-8H2,1H3/t9-/m0/s1. The van der Waals surface area contributed by atoms with Crippen molar-refractivity contribution in [2.75, 3.05) is 32.9 Å². The average molecular weight is 173 g/mol. The molecule has 1 fully saturated rings. The summed E-state index contributed by atoms with van der Waals surface area (Å²) < 4.78 is 10.8.